The molecular formula is C24H26N4O5S. The molecule has 2 unspecified atom stereocenters. The first-order valence-electron chi connectivity index (χ1n) is 11.5. The molecule has 2 aromatic rings. The topological polar surface area (TPSA) is 118 Å². The van der Waals surface area contributed by atoms with Crippen molar-refractivity contribution in [2.24, 2.45) is 0 Å². The number of fused-ring (bicyclic) bond motifs is 2. The molecule has 0 saturated carbocycles. The van der Waals surface area contributed by atoms with Crippen LogP contribution in [0.1, 0.15) is 75.6 Å². The number of alkyl carbamates (subject to hydrolysis) is 1. The van der Waals surface area contributed by atoms with Gasteiger partial charge in [0.1, 0.15) is 17.7 Å². The van der Waals surface area contributed by atoms with Crippen molar-refractivity contribution in [3.63, 3.8) is 0 Å². The molecule has 1 saturated heterocycles. The highest BCUT2D eigenvalue weighted by atomic mass is 32.1. The molecule has 0 radical (unpaired) electrons. The number of ether oxygens (including phenoxy) is 1. The third-order valence-electron chi connectivity index (χ3n) is 6.64. The third-order valence-corrected chi connectivity index (χ3v) is 7.74. The van der Waals surface area contributed by atoms with Gasteiger partial charge in [0.2, 0.25) is 11.8 Å². The molecule has 5 rings (SSSR count). The highest BCUT2D eigenvalue weighted by molar-refractivity contribution is 7.11. The summed E-state index contributed by atoms with van der Waals surface area (Å²) in [7, 11) is 0. The lowest BCUT2D eigenvalue weighted by atomic mass is 9.93. The maximum atomic E-state index is 12.9. The SMILES string of the molecule is CC1CCCc2sc(COC(=O)NCc3ccc4c(c3)C(=O)N(C3CCC(=O)NC3=O)C4)nc21. The Bertz CT molecular complexity index is 1180. The third kappa shape index (κ3) is 4.42. The molecular weight excluding hydrogens is 456 g/mol. The van der Waals surface area contributed by atoms with Crippen LogP contribution in [0.3, 0.4) is 0 Å². The number of carbonyl (C=O) groups excluding carboxylic acids is 4. The van der Waals surface area contributed by atoms with Gasteiger partial charge in [0.15, 0.2) is 0 Å². The molecule has 10 heteroatoms. The van der Waals surface area contributed by atoms with Crippen molar-refractivity contribution >= 4 is 35.2 Å². The summed E-state index contributed by atoms with van der Waals surface area (Å²) in [4.78, 5) is 56.2. The number of piperidine rings is 1. The molecule has 1 aliphatic carbocycles. The van der Waals surface area contributed by atoms with Gasteiger partial charge in [-0.25, -0.2) is 9.78 Å². The number of thiazole rings is 1. The van der Waals surface area contributed by atoms with Crippen molar-refractivity contribution in [1.29, 1.82) is 0 Å². The van der Waals surface area contributed by atoms with Gasteiger partial charge in [-0.2, -0.15) is 0 Å². The van der Waals surface area contributed by atoms with Gasteiger partial charge in [-0.3, -0.25) is 19.7 Å². The fraction of sp³-hybridized carbons (Fsp3) is 0.458. The second kappa shape index (κ2) is 9.17. The summed E-state index contributed by atoms with van der Waals surface area (Å²) in [5, 5.41) is 5.83. The maximum Gasteiger partial charge on any atom is 0.407 e. The molecule has 178 valence electrons. The molecule has 4 amide bonds. The molecule has 2 atom stereocenters. The largest absolute Gasteiger partial charge is 0.442 e. The van der Waals surface area contributed by atoms with E-state index in [2.05, 4.69) is 22.5 Å². The van der Waals surface area contributed by atoms with Crippen molar-refractivity contribution in [2.75, 3.05) is 0 Å². The molecule has 0 spiro atoms. The van der Waals surface area contributed by atoms with E-state index in [0.717, 1.165) is 34.7 Å². The fourth-order valence-corrected chi connectivity index (χ4v) is 5.95. The Morgan fingerprint density at radius 2 is 2.12 bits per heavy atom. The summed E-state index contributed by atoms with van der Waals surface area (Å²) in [6, 6.07) is 4.77. The van der Waals surface area contributed by atoms with Crippen molar-refractivity contribution in [1.82, 2.24) is 20.5 Å². The van der Waals surface area contributed by atoms with E-state index in [-0.39, 0.29) is 31.4 Å². The molecule has 2 aliphatic heterocycles. The Labute approximate surface area is 200 Å². The van der Waals surface area contributed by atoms with E-state index in [1.165, 1.54) is 16.2 Å². The Hall–Kier alpha value is -3.27. The van der Waals surface area contributed by atoms with E-state index in [1.54, 1.807) is 17.4 Å². The second-order valence-electron chi connectivity index (χ2n) is 9.03. The van der Waals surface area contributed by atoms with Gasteiger partial charge in [0.05, 0.1) is 5.69 Å². The summed E-state index contributed by atoms with van der Waals surface area (Å²) < 4.78 is 5.34. The molecule has 3 aliphatic rings. The van der Waals surface area contributed by atoms with Gasteiger partial charge < -0.3 is 15.0 Å². The Kier molecular flexibility index (Phi) is 6.07. The second-order valence-corrected chi connectivity index (χ2v) is 10.2. The van der Waals surface area contributed by atoms with E-state index in [0.29, 0.717) is 24.4 Å². The highest BCUT2D eigenvalue weighted by Crippen LogP contribution is 2.34. The van der Waals surface area contributed by atoms with Crippen LogP contribution < -0.4 is 10.6 Å². The molecule has 1 fully saturated rings. The van der Waals surface area contributed by atoms with Gasteiger partial charge in [-0.15, -0.1) is 11.3 Å². The van der Waals surface area contributed by atoms with Crippen molar-refractivity contribution in [3.05, 3.63) is 50.5 Å². The average molecular weight is 483 g/mol. The van der Waals surface area contributed by atoms with Gasteiger partial charge in [-0.1, -0.05) is 19.1 Å². The number of nitrogens with one attached hydrogen (secondary N) is 2. The summed E-state index contributed by atoms with van der Waals surface area (Å²) in [5.41, 5.74) is 3.24. The lowest BCUT2D eigenvalue weighted by Crippen LogP contribution is -2.52. The van der Waals surface area contributed by atoms with Crippen molar-refractivity contribution in [2.45, 2.75) is 70.7 Å². The number of nitrogens with zero attached hydrogens (tertiary/aromatic N) is 2. The number of imide groups is 1. The van der Waals surface area contributed by atoms with Gasteiger partial charge >= 0.3 is 6.09 Å². The molecule has 1 aromatic carbocycles. The van der Waals surface area contributed by atoms with E-state index in [1.807, 2.05) is 12.1 Å². The predicted molar refractivity (Wildman–Crippen MR) is 123 cm³/mol. The molecule has 34 heavy (non-hydrogen) atoms. The minimum Gasteiger partial charge on any atom is -0.442 e. The first-order valence-corrected chi connectivity index (χ1v) is 12.4. The minimum absolute atomic E-state index is 0.139. The molecule has 2 N–H and O–H groups in total. The van der Waals surface area contributed by atoms with Crippen LogP contribution in [0, 0.1) is 0 Å². The summed E-state index contributed by atoms with van der Waals surface area (Å²) in [6.45, 7) is 2.86. The lowest BCUT2D eigenvalue weighted by molar-refractivity contribution is -0.136. The van der Waals surface area contributed by atoms with E-state index in [9.17, 15) is 19.2 Å². The fourth-order valence-electron chi connectivity index (χ4n) is 4.81. The monoisotopic (exact) mass is 482 g/mol. The summed E-state index contributed by atoms with van der Waals surface area (Å²) >= 11 is 1.62. The predicted octanol–water partition coefficient (Wildman–Crippen LogP) is 2.77. The molecule has 0 bridgehead atoms. The Morgan fingerprint density at radius 1 is 1.26 bits per heavy atom. The van der Waals surface area contributed by atoms with Crippen LogP contribution in [0.5, 0.6) is 0 Å². The number of aryl methyl sites for hydroxylation is 1. The number of hydrogen-bond donors (Lipinski definition) is 2. The minimum atomic E-state index is -0.645. The quantitative estimate of drug-likeness (QED) is 0.633. The summed E-state index contributed by atoms with van der Waals surface area (Å²) in [6.07, 6.45) is 3.36. The van der Waals surface area contributed by atoms with Gasteiger partial charge in [0.25, 0.3) is 5.91 Å². The van der Waals surface area contributed by atoms with Gasteiger partial charge in [0, 0.05) is 30.0 Å². The zero-order valence-corrected chi connectivity index (χ0v) is 19.7. The zero-order chi connectivity index (χ0) is 23.8. The molecule has 9 nitrogen and oxygen atoms in total. The Balaban J connectivity index is 1.15. The lowest BCUT2D eigenvalue weighted by Gasteiger charge is -2.29. The number of aromatic nitrogens is 1. The highest BCUT2D eigenvalue weighted by Gasteiger charge is 2.39. The van der Waals surface area contributed by atoms with Crippen LogP contribution in [-0.4, -0.2) is 39.7 Å². The van der Waals surface area contributed by atoms with E-state index in [4.69, 9.17) is 4.74 Å². The molecule has 1 aromatic heterocycles. The van der Waals surface area contributed by atoms with Crippen LogP contribution in [0.4, 0.5) is 4.79 Å². The van der Waals surface area contributed by atoms with Crippen molar-refractivity contribution < 1.29 is 23.9 Å². The first kappa shape index (κ1) is 22.5. The first-order chi connectivity index (χ1) is 16.4. The average Bonchev–Trinajstić information content (AvgIpc) is 3.38. The van der Waals surface area contributed by atoms with Crippen LogP contribution in [0.2, 0.25) is 0 Å². The summed E-state index contributed by atoms with van der Waals surface area (Å²) in [5.74, 6) is -0.529. The van der Waals surface area contributed by atoms with Crippen molar-refractivity contribution in [3.8, 4) is 0 Å². The maximum absolute atomic E-state index is 12.9. The normalized spacial score (nSPS) is 21.7. The zero-order valence-electron chi connectivity index (χ0n) is 18.9. The molecule has 3 heterocycles. The van der Waals surface area contributed by atoms with Crippen LogP contribution >= 0.6 is 11.3 Å². The number of carbonyl (C=O) groups is 4. The van der Waals surface area contributed by atoms with Crippen LogP contribution in [-0.2, 0) is 40.4 Å². The number of hydrogen-bond acceptors (Lipinski definition) is 7. The number of rotatable bonds is 5. The number of benzene rings is 1. The van der Waals surface area contributed by atoms with E-state index < -0.39 is 18.0 Å². The van der Waals surface area contributed by atoms with Crippen LogP contribution in [0.15, 0.2) is 18.2 Å². The standard InChI is InChI=1S/C24H26N4O5S/c1-13-3-2-4-18-21(13)27-20(34-18)12-33-24(32)25-10-14-5-6-15-11-28(23(31)16(15)9-14)17-7-8-19(29)26-22(17)30/h5-6,9,13,17H,2-4,7-8,10-12H2,1H3,(H,25,32)(H,26,29,30). The number of amides is 4. The van der Waals surface area contributed by atoms with E-state index >= 15 is 0 Å². The Morgan fingerprint density at radius 3 is 2.91 bits per heavy atom. The van der Waals surface area contributed by atoms with Crippen LogP contribution in [0.25, 0.3) is 0 Å². The van der Waals surface area contributed by atoms with Gasteiger partial charge in [-0.05, 0) is 48.8 Å². The smallest absolute Gasteiger partial charge is 0.407 e.